The molecular weight excluding hydrogens is 360 g/mol. The molecule has 0 atom stereocenters. The number of aromatic amines is 1. The molecule has 1 saturated heterocycles. The van der Waals surface area contributed by atoms with E-state index in [0.717, 1.165) is 37.0 Å². The predicted molar refractivity (Wildman–Crippen MR) is 107 cm³/mol. The van der Waals surface area contributed by atoms with E-state index in [-0.39, 0.29) is 17.6 Å². The van der Waals surface area contributed by atoms with Gasteiger partial charge in [0.25, 0.3) is 5.91 Å². The van der Waals surface area contributed by atoms with E-state index in [4.69, 9.17) is 0 Å². The number of H-pyrrole nitrogens is 1. The quantitative estimate of drug-likeness (QED) is 0.695. The Hall–Kier alpha value is -2.38. The average molecular weight is 386 g/mol. The Balaban J connectivity index is 1.35. The summed E-state index contributed by atoms with van der Waals surface area (Å²) in [5.74, 6) is 0.180. The number of rotatable bonds is 5. The smallest absolute Gasteiger partial charge is 0.326 e. The number of fused-ring (bicyclic) bond motifs is 1. The molecule has 0 spiro atoms. The van der Waals surface area contributed by atoms with Gasteiger partial charge >= 0.3 is 5.69 Å². The van der Waals surface area contributed by atoms with Crippen molar-refractivity contribution in [1.82, 2.24) is 14.5 Å². The Kier molecular flexibility index (Phi) is 5.13. The van der Waals surface area contributed by atoms with Gasteiger partial charge in [-0.25, -0.2) is 4.79 Å². The minimum atomic E-state index is -0.0313. The van der Waals surface area contributed by atoms with Gasteiger partial charge in [0.1, 0.15) is 0 Å². The van der Waals surface area contributed by atoms with Crippen LogP contribution in [0.1, 0.15) is 24.4 Å². The number of nitrogens with zero attached hydrogens (tertiary/aromatic N) is 2. The summed E-state index contributed by atoms with van der Waals surface area (Å²) < 4.78 is 1.90. The lowest BCUT2D eigenvalue weighted by Gasteiger charge is -2.30. The van der Waals surface area contributed by atoms with E-state index in [1.165, 1.54) is 10.5 Å². The highest BCUT2D eigenvalue weighted by Crippen LogP contribution is 2.20. The van der Waals surface area contributed by atoms with E-state index in [9.17, 15) is 9.59 Å². The van der Waals surface area contributed by atoms with Crippen molar-refractivity contribution < 1.29 is 9.69 Å². The molecule has 2 N–H and O–H groups in total. The second-order valence-electron chi connectivity index (χ2n) is 7.36. The summed E-state index contributed by atoms with van der Waals surface area (Å²) in [5.41, 5.74) is 3.02. The standard InChI is InChI=1S/C20H24N4O2S/c1-22(12-15-8-11-27-14-15)19(25)13-23-9-6-16(7-10-23)24-18-5-3-2-4-17(18)21-20(24)26/h2-5,8,11,14,16H,6-7,9-10,12-13H2,1H3,(H,21,26)/p+1. The highest BCUT2D eigenvalue weighted by Gasteiger charge is 2.27. The molecule has 3 aromatic rings. The number of aromatic nitrogens is 2. The Labute approximate surface area is 162 Å². The maximum atomic E-state index is 12.5. The monoisotopic (exact) mass is 385 g/mol. The number of likely N-dealkylation sites (N-methyl/N-ethyl adjacent to an activating group) is 1. The van der Waals surface area contributed by atoms with Crippen molar-refractivity contribution in [2.75, 3.05) is 26.7 Å². The van der Waals surface area contributed by atoms with Crippen molar-refractivity contribution in [2.45, 2.75) is 25.4 Å². The summed E-state index contributed by atoms with van der Waals surface area (Å²) in [7, 11) is 1.87. The van der Waals surface area contributed by atoms with Gasteiger partial charge in [0.15, 0.2) is 6.54 Å². The highest BCUT2D eigenvalue weighted by molar-refractivity contribution is 7.07. The van der Waals surface area contributed by atoms with E-state index in [0.29, 0.717) is 13.1 Å². The zero-order chi connectivity index (χ0) is 18.8. The molecule has 1 aliphatic heterocycles. The van der Waals surface area contributed by atoms with Crippen molar-refractivity contribution in [1.29, 1.82) is 0 Å². The van der Waals surface area contributed by atoms with Crippen LogP contribution < -0.4 is 10.6 Å². The second kappa shape index (κ2) is 7.70. The minimum absolute atomic E-state index is 0.0313. The molecule has 27 heavy (non-hydrogen) atoms. The van der Waals surface area contributed by atoms with Gasteiger partial charge in [-0.05, 0) is 34.5 Å². The van der Waals surface area contributed by atoms with Crippen LogP contribution >= 0.6 is 11.3 Å². The summed E-state index contributed by atoms with van der Waals surface area (Å²) in [6, 6.07) is 10.1. The summed E-state index contributed by atoms with van der Waals surface area (Å²) >= 11 is 1.66. The number of hydrogen-bond donors (Lipinski definition) is 2. The van der Waals surface area contributed by atoms with Gasteiger partial charge < -0.3 is 14.8 Å². The Bertz CT molecular complexity index is 967. The number of hydrogen-bond acceptors (Lipinski definition) is 3. The average Bonchev–Trinajstić information content (AvgIpc) is 3.29. The van der Waals surface area contributed by atoms with Crippen molar-refractivity contribution in [3.63, 3.8) is 0 Å². The Morgan fingerprint density at radius 1 is 1.30 bits per heavy atom. The van der Waals surface area contributed by atoms with E-state index in [1.807, 2.05) is 46.2 Å². The molecule has 0 radical (unpaired) electrons. The third-order valence-corrected chi connectivity index (χ3v) is 6.21. The zero-order valence-electron chi connectivity index (χ0n) is 15.5. The number of para-hydroxylation sites is 2. The largest absolute Gasteiger partial charge is 0.337 e. The first-order valence-corrected chi connectivity index (χ1v) is 10.3. The first-order chi connectivity index (χ1) is 13.1. The number of nitrogens with one attached hydrogen (secondary N) is 2. The summed E-state index contributed by atoms with van der Waals surface area (Å²) in [6.45, 7) is 3.02. The number of carbonyl (C=O) groups excluding carboxylic acids is 1. The number of imidazole rings is 1. The van der Waals surface area contributed by atoms with Gasteiger partial charge in [0, 0.05) is 32.5 Å². The van der Waals surface area contributed by atoms with Crippen LogP contribution in [-0.2, 0) is 11.3 Å². The van der Waals surface area contributed by atoms with Gasteiger partial charge in [0.2, 0.25) is 0 Å². The van der Waals surface area contributed by atoms with Crippen LogP contribution in [0.25, 0.3) is 11.0 Å². The normalized spacial score (nSPS) is 20.0. The van der Waals surface area contributed by atoms with E-state index < -0.39 is 0 Å². The lowest BCUT2D eigenvalue weighted by atomic mass is 10.0. The van der Waals surface area contributed by atoms with Crippen molar-refractivity contribution >= 4 is 28.3 Å². The van der Waals surface area contributed by atoms with Crippen LogP contribution in [0.3, 0.4) is 0 Å². The number of thiophene rings is 1. The number of quaternary nitrogens is 1. The number of piperidine rings is 1. The number of amides is 1. The lowest BCUT2D eigenvalue weighted by Crippen LogP contribution is -3.14. The zero-order valence-corrected chi connectivity index (χ0v) is 16.3. The molecule has 142 valence electrons. The Morgan fingerprint density at radius 2 is 2.07 bits per heavy atom. The molecule has 3 heterocycles. The highest BCUT2D eigenvalue weighted by atomic mass is 32.1. The maximum Gasteiger partial charge on any atom is 0.326 e. The summed E-state index contributed by atoms with van der Waals surface area (Å²) in [5, 5.41) is 4.12. The van der Waals surface area contributed by atoms with Crippen molar-refractivity contribution in [2.24, 2.45) is 0 Å². The molecule has 1 fully saturated rings. The minimum Gasteiger partial charge on any atom is -0.337 e. The van der Waals surface area contributed by atoms with E-state index in [1.54, 1.807) is 11.3 Å². The van der Waals surface area contributed by atoms with Crippen LogP contribution in [-0.4, -0.2) is 47.0 Å². The molecule has 1 amide bonds. The SMILES string of the molecule is CN(Cc1ccsc1)C(=O)C[NH+]1CCC(n2c(=O)[nH]c3ccccc32)CC1. The molecule has 1 aliphatic rings. The third kappa shape index (κ3) is 3.84. The lowest BCUT2D eigenvalue weighted by molar-refractivity contribution is -0.898. The number of benzene rings is 1. The fourth-order valence-electron chi connectivity index (χ4n) is 3.98. The van der Waals surface area contributed by atoms with Crippen LogP contribution in [0.2, 0.25) is 0 Å². The fraction of sp³-hybridized carbons (Fsp3) is 0.400. The second-order valence-corrected chi connectivity index (χ2v) is 8.14. The molecular formula is C20H25N4O2S+. The van der Waals surface area contributed by atoms with Crippen molar-refractivity contribution in [3.05, 3.63) is 57.1 Å². The van der Waals surface area contributed by atoms with Gasteiger partial charge in [-0.3, -0.25) is 9.36 Å². The van der Waals surface area contributed by atoms with Gasteiger partial charge in [-0.1, -0.05) is 12.1 Å². The van der Waals surface area contributed by atoms with Crippen LogP contribution in [0.5, 0.6) is 0 Å². The maximum absolute atomic E-state index is 12.5. The van der Waals surface area contributed by atoms with Gasteiger partial charge in [-0.15, -0.1) is 0 Å². The van der Waals surface area contributed by atoms with Crippen LogP contribution in [0, 0.1) is 0 Å². The predicted octanol–water partition coefficient (Wildman–Crippen LogP) is 1.27. The molecule has 7 heteroatoms. The molecule has 0 saturated carbocycles. The van der Waals surface area contributed by atoms with Crippen LogP contribution in [0.4, 0.5) is 0 Å². The first kappa shape index (κ1) is 18.0. The van der Waals surface area contributed by atoms with Crippen molar-refractivity contribution in [3.8, 4) is 0 Å². The Morgan fingerprint density at radius 3 is 2.81 bits per heavy atom. The van der Waals surface area contributed by atoms with E-state index >= 15 is 0 Å². The van der Waals surface area contributed by atoms with E-state index in [2.05, 4.69) is 16.4 Å². The molecule has 4 rings (SSSR count). The molecule has 0 unspecified atom stereocenters. The van der Waals surface area contributed by atoms with Gasteiger partial charge in [0.05, 0.1) is 24.1 Å². The van der Waals surface area contributed by atoms with Gasteiger partial charge in [-0.2, -0.15) is 11.3 Å². The summed E-state index contributed by atoms with van der Waals surface area (Å²) in [6.07, 6.45) is 1.83. The molecule has 0 aliphatic carbocycles. The first-order valence-electron chi connectivity index (χ1n) is 9.39. The third-order valence-electron chi connectivity index (χ3n) is 5.48. The topological polar surface area (TPSA) is 62.5 Å². The summed E-state index contributed by atoms with van der Waals surface area (Å²) in [4.78, 5) is 31.0. The molecule has 6 nitrogen and oxygen atoms in total. The molecule has 1 aromatic carbocycles. The number of carbonyl (C=O) groups is 1. The molecule has 0 bridgehead atoms. The van der Waals surface area contributed by atoms with Crippen LogP contribution in [0.15, 0.2) is 45.9 Å². The number of likely N-dealkylation sites (tertiary alicyclic amines) is 1. The fourth-order valence-corrected chi connectivity index (χ4v) is 4.64. The molecule has 2 aromatic heterocycles.